The molecule has 104 valence electrons. The van der Waals surface area contributed by atoms with Gasteiger partial charge in [0.05, 0.1) is 5.92 Å². The molecule has 1 heterocycles. The standard InChI is InChI=1S/C19H16O2/c1-14-12-13-17(21-14)19(20)18(15-8-4-2-5-9-15)16-10-6-3-7-11-16/h2-13,18H,1H3. The Morgan fingerprint density at radius 1 is 0.810 bits per heavy atom. The third-order valence-electron chi connectivity index (χ3n) is 3.51. The summed E-state index contributed by atoms with van der Waals surface area (Å²) < 4.78 is 5.52. The zero-order valence-electron chi connectivity index (χ0n) is 11.8. The van der Waals surface area contributed by atoms with Crippen molar-refractivity contribution < 1.29 is 9.21 Å². The van der Waals surface area contributed by atoms with Gasteiger partial charge in [0.2, 0.25) is 5.78 Å². The Morgan fingerprint density at radius 3 is 1.76 bits per heavy atom. The van der Waals surface area contributed by atoms with Crippen molar-refractivity contribution in [3.8, 4) is 0 Å². The van der Waals surface area contributed by atoms with Crippen LogP contribution in [0.4, 0.5) is 0 Å². The third kappa shape index (κ3) is 2.79. The Hall–Kier alpha value is -2.61. The number of Topliss-reactive ketones (excluding diaryl/α,β-unsaturated/α-hetero) is 1. The molecule has 0 bridgehead atoms. The molecule has 0 aliphatic heterocycles. The smallest absolute Gasteiger partial charge is 0.209 e. The molecule has 0 N–H and O–H groups in total. The molecule has 3 aromatic rings. The van der Waals surface area contributed by atoms with Crippen LogP contribution in [0.25, 0.3) is 0 Å². The Balaban J connectivity index is 2.07. The summed E-state index contributed by atoms with van der Waals surface area (Å²) in [5.41, 5.74) is 1.95. The van der Waals surface area contributed by atoms with Gasteiger partial charge in [-0.2, -0.15) is 0 Å². The molecule has 1 aromatic heterocycles. The van der Waals surface area contributed by atoms with Gasteiger partial charge >= 0.3 is 0 Å². The number of benzene rings is 2. The van der Waals surface area contributed by atoms with Crippen LogP contribution in [0.15, 0.2) is 77.2 Å². The number of rotatable bonds is 4. The number of ketones is 1. The lowest BCUT2D eigenvalue weighted by atomic mass is 9.87. The number of furan rings is 1. The van der Waals surface area contributed by atoms with Crippen LogP contribution < -0.4 is 0 Å². The summed E-state index contributed by atoms with van der Waals surface area (Å²) in [4.78, 5) is 12.9. The lowest BCUT2D eigenvalue weighted by molar-refractivity contribution is 0.0945. The molecular weight excluding hydrogens is 260 g/mol. The highest BCUT2D eigenvalue weighted by atomic mass is 16.3. The van der Waals surface area contributed by atoms with Crippen molar-refractivity contribution in [3.05, 3.63) is 95.4 Å². The Kier molecular flexibility index (Phi) is 3.69. The molecule has 0 atom stereocenters. The Labute approximate surface area is 124 Å². The van der Waals surface area contributed by atoms with Gasteiger partial charge in [-0.1, -0.05) is 60.7 Å². The highest BCUT2D eigenvalue weighted by molar-refractivity contribution is 6.01. The molecule has 2 heteroatoms. The van der Waals surface area contributed by atoms with Crippen molar-refractivity contribution in [2.24, 2.45) is 0 Å². The molecule has 0 aliphatic carbocycles. The average molecular weight is 276 g/mol. The normalized spacial score (nSPS) is 10.8. The summed E-state index contributed by atoms with van der Waals surface area (Å²) in [5.74, 6) is 0.807. The molecule has 0 aliphatic rings. The van der Waals surface area contributed by atoms with Crippen LogP contribution in [0.3, 0.4) is 0 Å². The van der Waals surface area contributed by atoms with Gasteiger partial charge in [-0.3, -0.25) is 4.79 Å². The van der Waals surface area contributed by atoms with E-state index in [0.29, 0.717) is 5.76 Å². The van der Waals surface area contributed by atoms with Crippen molar-refractivity contribution in [1.29, 1.82) is 0 Å². The minimum Gasteiger partial charge on any atom is -0.458 e. The topological polar surface area (TPSA) is 30.2 Å². The number of hydrogen-bond donors (Lipinski definition) is 0. The van der Waals surface area contributed by atoms with E-state index in [0.717, 1.165) is 16.9 Å². The summed E-state index contributed by atoms with van der Waals surface area (Å²) >= 11 is 0. The second-order valence-corrected chi connectivity index (χ2v) is 5.03. The zero-order chi connectivity index (χ0) is 14.7. The van der Waals surface area contributed by atoms with Crippen LogP contribution in [-0.2, 0) is 0 Å². The van der Waals surface area contributed by atoms with Crippen molar-refractivity contribution >= 4 is 5.78 Å². The first-order valence-corrected chi connectivity index (χ1v) is 6.96. The molecular formula is C19H16O2. The molecule has 0 unspecified atom stereocenters. The molecule has 0 saturated heterocycles. The van der Waals surface area contributed by atoms with Crippen LogP contribution in [-0.4, -0.2) is 5.78 Å². The number of carbonyl (C=O) groups excluding carboxylic acids is 1. The SMILES string of the molecule is Cc1ccc(C(=O)C(c2ccccc2)c2ccccc2)o1. The first-order chi connectivity index (χ1) is 10.3. The second kappa shape index (κ2) is 5.80. The van der Waals surface area contributed by atoms with E-state index < -0.39 is 0 Å². The van der Waals surface area contributed by atoms with Gasteiger partial charge in [0.1, 0.15) is 5.76 Å². The zero-order valence-corrected chi connectivity index (χ0v) is 11.8. The van der Waals surface area contributed by atoms with Gasteiger partial charge in [-0.15, -0.1) is 0 Å². The largest absolute Gasteiger partial charge is 0.458 e. The van der Waals surface area contributed by atoms with Crippen molar-refractivity contribution in [1.82, 2.24) is 0 Å². The summed E-state index contributed by atoms with van der Waals surface area (Å²) in [7, 11) is 0. The molecule has 0 spiro atoms. The van der Waals surface area contributed by atoms with Crippen LogP contribution in [0.5, 0.6) is 0 Å². The molecule has 3 rings (SSSR count). The minimum atomic E-state index is -0.335. The molecule has 0 radical (unpaired) electrons. The van der Waals surface area contributed by atoms with Crippen LogP contribution in [0.2, 0.25) is 0 Å². The van der Waals surface area contributed by atoms with Crippen LogP contribution >= 0.6 is 0 Å². The Morgan fingerprint density at radius 2 is 1.33 bits per heavy atom. The fourth-order valence-corrected chi connectivity index (χ4v) is 2.50. The highest BCUT2D eigenvalue weighted by Gasteiger charge is 2.25. The van der Waals surface area contributed by atoms with E-state index in [4.69, 9.17) is 4.42 Å². The van der Waals surface area contributed by atoms with E-state index in [2.05, 4.69) is 0 Å². The molecule has 21 heavy (non-hydrogen) atoms. The maximum atomic E-state index is 12.9. The second-order valence-electron chi connectivity index (χ2n) is 5.03. The third-order valence-corrected chi connectivity index (χ3v) is 3.51. The summed E-state index contributed by atoms with van der Waals surface area (Å²) in [6, 6.07) is 23.2. The summed E-state index contributed by atoms with van der Waals surface area (Å²) in [5, 5.41) is 0. The first kappa shape index (κ1) is 13.4. The lowest BCUT2D eigenvalue weighted by Crippen LogP contribution is -2.13. The van der Waals surface area contributed by atoms with Gasteiger partial charge in [0.15, 0.2) is 5.76 Å². The number of hydrogen-bond acceptors (Lipinski definition) is 2. The van der Waals surface area contributed by atoms with E-state index in [9.17, 15) is 4.79 Å². The van der Waals surface area contributed by atoms with Gasteiger partial charge in [-0.25, -0.2) is 0 Å². The maximum absolute atomic E-state index is 12.9. The predicted molar refractivity (Wildman–Crippen MR) is 82.5 cm³/mol. The molecule has 2 aromatic carbocycles. The quantitative estimate of drug-likeness (QED) is 0.652. The first-order valence-electron chi connectivity index (χ1n) is 6.96. The number of aryl methyl sites for hydroxylation is 1. The summed E-state index contributed by atoms with van der Waals surface area (Å²) in [6.45, 7) is 1.84. The fourth-order valence-electron chi connectivity index (χ4n) is 2.50. The molecule has 0 fully saturated rings. The average Bonchev–Trinajstić information content (AvgIpc) is 2.96. The van der Waals surface area contributed by atoms with Gasteiger partial charge in [0.25, 0.3) is 0 Å². The van der Waals surface area contributed by atoms with Crippen molar-refractivity contribution in [3.63, 3.8) is 0 Å². The number of carbonyl (C=O) groups is 1. The van der Waals surface area contributed by atoms with Gasteiger partial charge in [0, 0.05) is 0 Å². The predicted octanol–water partition coefficient (Wildman–Crippen LogP) is 4.60. The summed E-state index contributed by atoms with van der Waals surface area (Å²) in [6.07, 6.45) is 0. The van der Waals surface area contributed by atoms with Crippen LogP contribution in [0.1, 0.15) is 33.4 Å². The van der Waals surface area contributed by atoms with Crippen LogP contribution in [0, 0.1) is 6.92 Å². The van der Waals surface area contributed by atoms with Crippen molar-refractivity contribution in [2.75, 3.05) is 0 Å². The van der Waals surface area contributed by atoms with E-state index >= 15 is 0 Å². The van der Waals surface area contributed by atoms with E-state index in [1.807, 2.05) is 73.7 Å². The van der Waals surface area contributed by atoms with Crippen molar-refractivity contribution in [2.45, 2.75) is 12.8 Å². The fraction of sp³-hybridized carbons (Fsp3) is 0.105. The lowest BCUT2D eigenvalue weighted by Gasteiger charge is -2.15. The molecule has 0 saturated carbocycles. The maximum Gasteiger partial charge on any atom is 0.209 e. The Bertz CT molecular complexity index is 687. The minimum absolute atomic E-state index is 0.0134. The van der Waals surface area contributed by atoms with E-state index in [1.165, 1.54) is 0 Å². The molecule has 2 nitrogen and oxygen atoms in total. The van der Waals surface area contributed by atoms with Gasteiger partial charge < -0.3 is 4.42 Å². The highest BCUT2D eigenvalue weighted by Crippen LogP contribution is 2.29. The van der Waals surface area contributed by atoms with E-state index in [-0.39, 0.29) is 11.7 Å². The van der Waals surface area contributed by atoms with E-state index in [1.54, 1.807) is 6.07 Å². The monoisotopic (exact) mass is 276 g/mol. The van der Waals surface area contributed by atoms with Gasteiger partial charge in [-0.05, 0) is 30.2 Å². The molecule has 0 amide bonds.